The van der Waals surface area contributed by atoms with Crippen LogP contribution >= 0.6 is 0 Å². The number of hydrogen-bond acceptors (Lipinski definition) is 2. The minimum atomic E-state index is -4.39. The average Bonchev–Trinajstić information content (AvgIpc) is 2.66. The van der Waals surface area contributed by atoms with Crippen molar-refractivity contribution >= 4 is 0 Å². The van der Waals surface area contributed by atoms with Gasteiger partial charge in [0.05, 0.1) is 16.9 Å². The van der Waals surface area contributed by atoms with Crippen LogP contribution in [0.15, 0.2) is 24.3 Å². The molecular weight excluding hydrogens is 255 g/mol. The number of aromatic nitrogens is 2. The van der Waals surface area contributed by atoms with Crippen LogP contribution in [-0.4, -0.2) is 9.78 Å². The van der Waals surface area contributed by atoms with Gasteiger partial charge in [-0.25, -0.2) is 4.68 Å². The van der Waals surface area contributed by atoms with Gasteiger partial charge in [0.25, 0.3) is 0 Å². The molecule has 0 atom stereocenters. The lowest BCUT2D eigenvalue weighted by Gasteiger charge is -2.13. The molecule has 2 aromatic rings. The fraction of sp³-hybridized carbons (Fsp3) is 0.308. The standard InChI is InChI=1S/C13H14F3N3/c1-8-5-9(2)19(18-8)11-3-4-12(13(14,15)16)10(6-11)7-17/h3-6H,7,17H2,1-2H3. The summed E-state index contributed by atoms with van der Waals surface area (Å²) in [5.41, 5.74) is 7.04. The summed E-state index contributed by atoms with van der Waals surface area (Å²) in [5.74, 6) is 0. The number of halogens is 3. The van der Waals surface area contributed by atoms with Gasteiger partial charge in [0.1, 0.15) is 0 Å². The molecule has 0 aliphatic heterocycles. The van der Waals surface area contributed by atoms with Crippen molar-refractivity contribution < 1.29 is 13.2 Å². The first-order valence-electron chi connectivity index (χ1n) is 5.76. The summed E-state index contributed by atoms with van der Waals surface area (Å²) in [6.07, 6.45) is -4.39. The van der Waals surface area contributed by atoms with E-state index in [1.165, 1.54) is 12.1 Å². The zero-order chi connectivity index (χ0) is 14.2. The Morgan fingerprint density at radius 3 is 2.37 bits per heavy atom. The van der Waals surface area contributed by atoms with Crippen LogP contribution in [0.3, 0.4) is 0 Å². The number of nitrogens with two attached hydrogens (primary N) is 1. The van der Waals surface area contributed by atoms with Gasteiger partial charge in [-0.1, -0.05) is 0 Å². The van der Waals surface area contributed by atoms with E-state index in [1.54, 1.807) is 4.68 Å². The maximum atomic E-state index is 12.8. The molecule has 2 N–H and O–H groups in total. The number of alkyl halides is 3. The molecular formula is C13H14F3N3. The monoisotopic (exact) mass is 269 g/mol. The minimum Gasteiger partial charge on any atom is -0.326 e. The minimum absolute atomic E-state index is 0.0672. The molecule has 19 heavy (non-hydrogen) atoms. The first kappa shape index (κ1) is 13.6. The maximum absolute atomic E-state index is 12.8. The number of rotatable bonds is 2. The van der Waals surface area contributed by atoms with Crippen LogP contribution in [0.4, 0.5) is 13.2 Å². The third-order valence-electron chi connectivity index (χ3n) is 2.87. The Balaban J connectivity index is 2.54. The Morgan fingerprint density at radius 2 is 1.89 bits per heavy atom. The van der Waals surface area contributed by atoms with Crippen LogP contribution < -0.4 is 5.73 Å². The second-order valence-electron chi connectivity index (χ2n) is 4.38. The fourth-order valence-electron chi connectivity index (χ4n) is 2.05. The molecule has 0 spiro atoms. The number of hydrogen-bond donors (Lipinski definition) is 1. The van der Waals surface area contributed by atoms with E-state index in [0.717, 1.165) is 17.5 Å². The van der Waals surface area contributed by atoms with Crippen molar-refractivity contribution in [3.05, 3.63) is 46.8 Å². The Kier molecular flexibility index (Phi) is 3.36. The Morgan fingerprint density at radius 1 is 1.21 bits per heavy atom. The largest absolute Gasteiger partial charge is 0.416 e. The van der Waals surface area contributed by atoms with E-state index in [9.17, 15) is 13.2 Å². The molecule has 3 nitrogen and oxygen atoms in total. The van der Waals surface area contributed by atoms with E-state index in [-0.39, 0.29) is 12.1 Å². The number of aryl methyl sites for hydroxylation is 2. The molecule has 0 radical (unpaired) electrons. The summed E-state index contributed by atoms with van der Waals surface area (Å²) in [6, 6.07) is 5.75. The second kappa shape index (κ2) is 4.70. The van der Waals surface area contributed by atoms with Gasteiger partial charge in [0.2, 0.25) is 0 Å². The highest BCUT2D eigenvalue weighted by molar-refractivity contribution is 5.42. The molecule has 6 heteroatoms. The molecule has 0 saturated carbocycles. The first-order valence-corrected chi connectivity index (χ1v) is 5.76. The SMILES string of the molecule is Cc1cc(C)n(-c2ccc(C(F)(F)F)c(CN)c2)n1. The molecule has 0 unspecified atom stereocenters. The van der Waals surface area contributed by atoms with Crippen LogP contribution in [0.5, 0.6) is 0 Å². The van der Waals surface area contributed by atoms with Crippen molar-refractivity contribution in [3.8, 4) is 5.69 Å². The van der Waals surface area contributed by atoms with E-state index < -0.39 is 11.7 Å². The van der Waals surface area contributed by atoms with E-state index in [4.69, 9.17) is 5.73 Å². The van der Waals surface area contributed by atoms with Gasteiger partial charge in [0, 0.05) is 12.2 Å². The summed E-state index contributed by atoms with van der Waals surface area (Å²) in [5, 5.41) is 4.24. The van der Waals surface area contributed by atoms with Gasteiger partial charge in [-0.15, -0.1) is 0 Å². The van der Waals surface area contributed by atoms with Crippen molar-refractivity contribution in [1.82, 2.24) is 9.78 Å². The van der Waals surface area contributed by atoms with Crippen LogP contribution in [-0.2, 0) is 12.7 Å². The third kappa shape index (κ3) is 2.63. The molecule has 102 valence electrons. The van der Waals surface area contributed by atoms with E-state index >= 15 is 0 Å². The van der Waals surface area contributed by atoms with Crippen molar-refractivity contribution in [3.63, 3.8) is 0 Å². The second-order valence-corrected chi connectivity index (χ2v) is 4.38. The van der Waals surface area contributed by atoms with Crippen molar-refractivity contribution in [2.24, 2.45) is 5.73 Å². The lowest BCUT2D eigenvalue weighted by Crippen LogP contribution is -2.13. The summed E-state index contributed by atoms with van der Waals surface area (Å²) in [4.78, 5) is 0. The van der Waals surface area contributed by atoms with Crippen LogP contribution in [0.25, 0.3) is 5.69 Å². The van der Waals surface area contributed by atoms with Gasteiger partial charge in [-0.2, -0.15) is 18.3 Å². The van der Waals surface area contributed by atoms with Crippen molar-refractivity contribution in [2.45, 2.75) is 26.6 Å². The quantitative estimate of drug-likeness (QED) is 0.910. The highest BCUT2D eigenvalue weighted by Crippen LogP contribution is 2.33. The summed E-state index contributed by atoms with van der Waals surface area (Å²) in [6.45, 7) is 3.51. The summed E-state index contributed by atoms with van der Waals surface area (Å²) >= 11 is 0. The topological polar surface area (TPSA) is 43.8 Å². The Bertz CT molecular complexity index is 600. The van der Waals surface area contributed by atoms with E-state index in [2.05, 4.69) is 5.10 Å². The lowest BCUT2D eigenvalue weighted by molar-refractivity contribution is -0.138. The van der Waals surface area contributed by atoms with Crippen LogP contribution in [0.1, 0.15) is 22.5 Å². The molecule has 0 bridgehead atoms. The molecule has 1 heterocycles. The highest BCUT2D eigenvalue weighted by Gasteiger charge is 2.33. The van der Waals surface area contributed by atoms with Crippen LogP contribution in [0, 0.1) is 13.8 Å². The predicted molar refractivity (Wildman–Crippen MR) is 65.9 cm³/mol. The molecule has 0 saturated heterocycles. The van der Waals surface area contributed by atoms with E-state index in [1.807, 2.05) is 19.9 Å². The molecule has 2 rings (SSSR count). The van der Waals surface area contributed by atoms with Gasteiger partial charge >= 0.3 is 6.18 Å². The van der Waals surface area contributed by atoms with Gasteiger partial charge in [-0.05, 0) is 43.7 Å². The number of benzene rings is 1. The van der Waals surface area contributed by atoms with Crippen LogP contribution in [0.2, 0.25) is 0 Å². The molecule has 0 aliphatic carbocycles. The van der Waals surface area contributed by atoms with Crippen molar-refractivity contribution in [1.29, 1.82) is 0 Å². The smallest absolute Gasteiger partial charge is 0.326 e. The van der Waals surface area contributed by atoms with Crippen molar-refractivity contribution in [2.75, 3.05) is 0 Å². The molecule has 0 aliphatic rings. The predicted octanol–water partition coefficient (Wildman–Crippen LogP) is 2.97. The maximum Gasteiger partial charge on any atom is 0.416 e. The normalized spacial score (nSPS) is 11.9. The molecule has 1 aromatic heterocycles. The molecule has 1 aromatic carbocycles. The highest BCUT2D eigenvalue weighted by atomic mass is 19.4. The summed E-state index contributed by atoms with van der Waals surface area (Å²) in [7, 11) is 0. The summed E-state index contributed by atoms with van der Waals surface area (Å²) < 4.78 is 39.9. The van der Waals surface area contributed by atoms with Gasteiger partial charge in [0.15, 0.2) is 0 Å². The number of nitrogens with zero attached hydrogens (tertiary/aromatic N) is 2. The Labute approximate surface area is 108 Å². The van der Waals surface area contributed by atoms with E-state index in [0.29, 0.717) is 5.69 Å². The average molecular weight is 269 g/mol. The zero-order valence-corrected chi connectivity index (χ0v) is 10.6. The zero-order valence-electron chi connectivity index (χ0n) is 10.6. The van der Waals surface area contributed by atoms with Gasteiger partial charge in [-0.3, -0.25) is 0 Å². The fourth-order valence-corrected chi connectivity index (χ4v) is 2.05. The molecule has 0 amide bonds. The molecule has 0 fully saturated rings. The third-order valence-corrected chi connectivity index (χ3v) is 2.87. The first-order chi connectivity index (χ1) is 8.82. The Hall–Kier alpha value is -1.82. The van der Waals surface area contributed by atoms with Gasteiger partial charge < -0.3 is 5.73 Å². The lowest BCUT2D eigenvalue weighted by atomic mass is 10.1.